The molecule has 8 heteroatoms. The van der Waals surface area contributed by atoms with Gasteiger partial charge in [0.1, 0.15) is 5.38 Å². The number of hydrogen-bond donors (Lipinski definition) is 1. The first-order valence-corrected chi connectivity index (χ1v) is 7.22. The van der Waals surface area contributed by atoms with Gasteiger partial charge in [-0.1, -0.05) is 34.5 Å². The van der Waals surface area contributed by atoms with E-state index >= 15 is 0 Å². The highest BCUT2D eigenvalue weighted by Crippen LogP contribution is 2.33. The molecule has 0 aliphatic rings. The van der Waals surface area contributed by atoms with Gasteiger partial charge in [-0.2, -0.15) is 0 Å². The fourth-order valence-electron chi connectivity index (χ4n) is 1.25. The van der Waals surface area contributed by atoms with Gasteiger partial charge in [0.15, 0.2) is 5.01 Å². The molecule has 0 fully saturated rings. The monoisotopic (exact) mass is 335 g/mol. The summed E-state index contributed by atoms with van der Waals surface area (Å²) in [5, 5.41) is 11.8. The van der Waals surface area contributed by atoms with Crippen molar-refractivity contribution in [1.82, 2.24) is 10.2 Å². The van der Waals surface area contributed by atoms with Crippen LogP contribution < -0.4 is 5.32 Å². The van der Waals surface area contributed by atoms with Crippen LogP contribution in [-0.2, 0) is 4.79 Å². The Kier molecular flexibility index (Phi) is 4.62. The van der Waals surface area contributed by atoms with Gasteiger partial charge in [-0.05, 0) is 25.1 Å². The van der Waals surface area contributed by atoms with Crippen molar-refractivity contribution < 1.29 is 4.79 Å². The Morgan fingerprint density at radius 2 is 2.11 bits per heavy atom. The van der Waals surface area contributed by atoms with Crippen molar-refractivity contribution in [2.45, 2.75) is 12.3 Å². The Labute approximate surface area is 128 Å². The molecule has 0 radical (unpaired) electrons. The molecule has 1 N–H and O–H groups in total. The van der Waals surface area contributed by atoms with Crippen molar-refractivity contribution in [3.8, 4) is 10.6 Å². The van der Waals surface area contributed by atoms with Crippen LogP contribution in [-0.4, -0.2) is 21.5 Å². The summed E-state index contributed by atoms with van der Waals surface area (Å²) >= 11 is 18.8. The number of nitrogens with one attached hydrogen (secondary N) is 1. The Balaban J connectivity index is 2.23. The molecule has 4 nitrogen and oxygen atoms in total. The number of amides is 1. The molecule has 2 aromatic rings. The molecule has 0 bridgehead atoms. The Morgan fingerprint density at radius 3 is 2.74 bits per heavy atom. The van der Waals surface area contributed by atoms with E-state index in [0.717, 1.165) is 0 Å². The van der Waals surface area contributed by atoms with E-state index in [1.54, 1.807) is 25.1 Å². The smallest absolute Gasteiger partial charge is 0.243 e. The molecule has 1 aromatic carbocycles. The van der Waals surface area contributed by atoms with E-state index in [2.05, 4.69) is 15.5 Å². The highest BCUT2D eigenvalue weighted by atomic mass is 35.5. The molecule has 0 spiro atoms. The maximum Gasteiger partial charge on any atom is 0.243 e. The lowest BCUT2D eigenvalue weighted by molar-refractivity contribution is -0.115. The van der Waals surface area contributed by atoms with Crippen LogP contribution >= 0.6 is 46.1 Å². The fraction of sp³-hybridized carbons (Fsp3) is 0.182. The van der Waals surface area contributed by atoms with Gasteiger partial charge in [0.25, 0.3) is 0 Å². The lowest BCUT2D eigenvalue weighted by Crippen LogP contribution is -2.20. The third-order valence-corrected chi connectivity index (χ3v) is 3.80. The van der Waals surface area contributed by atoms with Gasteiger partial charge in [0.2, 0.25) is 11.0 Å². The second-order valence-corrected chi connectivity index (χ2v) is 6.12. The normalized spacial score (nSPS) is 12.2. The van der Waals surface area contributed by atoms with Crippen LogP contribution in [0.3, 0.4) is 0 Å². The largest absolute Gasteiger partial charge is 0.299 e. The summed E-state index contributed by atoms with van der Waals surface area (Å²) in [5.41, 5.74) is 0.711. The van der Waals surface area contributed by atoms with Crippen molar-refractivity contribution in [3.05, 3.63) is 28.2 Å². The average Bonchev–Trinajstić information content (AvgIpc) is 2.77. The number of anilines is 1. The number of halogens is 3. The predicted octanol–water partition coefficient (Wildman–Crippen LogP) is 4.08. The van der Waals surface area contributed by atoms with Crippen LogP contribution in [0.2, 0.25) is 10.0 Å². The number of hydrogen-bond acceptors (Lipinski definition) is 4. The van der Waals surface area contributed by atoms with Crippen LogP contribution in [0.5, 0.6) is 0 Å². The van der Waals surface area contributed by atoms with E-state index in [-0.39, 0.29) is 5.91 Å². The predicted molar refractivity (Wildman–Crippen MR) is 79.3 cm³/mol. The van der Waals surface area contributed by atoms with Gasteiger partial charge in [-0.25, -0.2) is 0 Å². The van der Waals surface area contributed by atoms with Crippen molar-refractivity contribution in [3.63, 3.8) is 0 Å². The summed E-state index contributed by atoms with van der Waals surface area (Å²) < 4.78 is 0. The van der Waals surface area contributed by atoms with Crippen molar-refractivity contribution in [2.24, 2.45) is 0 Å². The molecule has 19 heavy (non-hydrogen) atoms. The second-order valence-electron chi connectivity index (χ2n) is 3.64. The van der Waals surface area contributed by atoms with Crippen LogP contribution in [0.25, 0.3) is 10.6 Å². The van der Waals surface area contributed by atoms with E-state index in [1.807, 2.05) is 0 Å². The van der Waals surface area contributed by atoms with Gasteiger partial charge in [0, 0.05) is 10.6 Å². The molecule has 0 aliphatic heterocycles. The SMILES string of the molecule is CC(Cl)C(=O)Nc1nnc(-c2ccc(Cl)cc2Cl)s1. The summed E-state index contributed by atoms with van der Waals surface area (Å²) in [6.07, 6.45) is 0. The number of rotatable bonds is 3. The molecule has 1 unspecified atom stereocenters. The zero-order valence-electron chi connectivity index (χ0n) is 9.65. The Hall–Kier alpha value is -0.880. The fourth-order valence-corrected chi connectivity index (χ4v) is 2.64. The first-order valence-electron chi connectivity index (χ1n) is 5.21. The number of alkyl halides is 1. The number of nitrogens with zero attached hydrogens (tertiary/aromatic N) is 2. The molecule has 1 aromatic heterocycles. The van der Waals surface area contributed by atoms with Gasteiger partial charge in [-0.15, -0.1) is 21.8 Å². The first kappa shape index (κ1) is 14.5. The molecular formula is C11H8Cl3N3OS. The topological polar surface area (TPSA) is 54.9 Å². The summed E-state index contributed by atoms with van der Waals surface area (Å²) in [5.74, 6) is -0.327. The highest BCUT2D eigenvalue weighted by Gasteiger charge is 2.14. The van der Waals surface area contributed by atoms with Crippen LogP contribution in [0.1, 0.15) is 6.92 Å². The molecular weight excluding hydrogens is 329 g/mol. The quantitative estimate of drug-likeness (QED) is 0.859. The summed E-state index contributed by atoms with van der Waals surface area (Å²) in [6, 6.07) is 5.09. The minimum Gasteiger partial charge on any atom is -0.299 e. The van der Waals surface area contributed by atoms with Crippen LogP contribution in [0, 0.1) is 0 Å². The first-order chi connectivity index (χ1) is 8.97. The Bertz CT molecular complexity index is 615. The number of benzene rings is 1. The maximum atomic E-state index is 11.4. The third-order valence-electron chi connectivity index (χ3n) is 2.18. The van der Waals surface area contributed by atoms with Crippen LogP contribution in [0.4, 0.5) is 5.13 Å². The maximum absolute atomic E-state index is 11.4. The zero-order chi connectivity index (χ0) is 14.0. The van der Waals surface area contributed by atoms with Crippen molar-refractivity contribution in [2.75, 3.05) is 5.32 Å². The van der Waals surface area contributed by atoms with Crippen LogP contribution in [0.15, 0.2) is 18.2 Å². The molecule has 100 valence electrons. The number of aromatic nitrogens is 2. The Morgan fingerprint density at radius 1 is 1.37 bits per heavy atom. The molecule has 1 atom stereocenters. The number of carbonyl (C=O) groups excluding carboxylic acids is 1. The molecule has 2 rings (SSSR count). The van der Waals surface area contributed by atoms with Gasteiger partial charge in [0.05, 0.1) is 5.02 Å². The third kappa shape index (κ3) is 3.57. The van der Waals surface area contributed by atoms with E-state index in [0.29, 0.717) is 25.7 Å². The van der Waals surface area contributed by atoms with E-state index in [1.165, 1.54) is 11.3 Å². The van der Waals surface area contributed by atoms with Gasteiger partial charge >= 0.3 is 0 Å². The number of carbonyl (C=O) groups is 1. The van der Waals surface area contributed by atoms with Gasteiger partial charge < -0.3 is 0 Å². The standard InChI is InChI=1S/C11H8Cl3N3OS/c1-5(12)9(18)15-11-17-16-10(19-11)7-3-2-6(13)4-8(7)14/h2-5H,1H3,(H,15,17,18). The minimum absolute atomic E-state index is 0.327. The summed E-state index contributed by atoms with van der Waals surface area (Å²) in [7, 11) is 0. The van der Waals surface area contributed by atoms with Crippen molar-refractivity contribution >= 4 is 57.2 Å². The molecule has 0 aliphatic carbocycles. The van der Waals surface area contributed by atoms with Gasteiger partial charge in [-0.3, -0.25) is 10.1 Å². The van der Waals surface area contributed by atoms with Crippen molar-refractivity contribution in [1.29, 1.82) is 0 Å². The molecule has 1 heterocycles. The lowest BCUT2D eigenvalue weighted by Gasteiger charge is -2.01. The molecule has 0 saturated carbocycles. The van der Waals surface area contributed by atoms with E-state index in [9.17, 15) is 4.79 Å². The highest BCUT2D eigenvalue weighted by molar-refractivity contribution is 7.18. The zero-order valence-corrected chi connectivity index (χ0v) is 12.7. The minimum atomic E-state index is -0.633. The summed E-state index contributed by atoms with van der Waals surface area (Å²) in [6.45, 7) is 1.58. The molecule has 0 saturated heterocycles. The lowest BCUT2D eigenvalue weighted by atomic mass is 10.2. The van der Waals surface area contributed by atoms with E-state index in [4.69, 9.17) is 34.8 Å². The van der Waals surface area contributed by atoms with E-state index < -0.39 is 5.38 Å². The average molecular weight is 337 g/mol. The molecule has 1 amide bonds. The summed E-state index contributed by atoms with van der Waals surface area (Å²) in [4.78, 5) is 11.4. The second kappa shape index (κ2) is 6.05.